The van der Waals surface area contributed by atoms with Crippen LogP contribution >= 0.6 is 0 Å². The molecule has 0 saturated heterocycles. The number of nitrogens with zero attached hydrogens (tertiary/aromatic N) is 3. The molecule has 222 valence electrons. The largest absolute Gasteiger partial charge is 0.438 e. The quantitative estimate of drug-likeness (QED) is 0.181. The first-order valence-corrected chi connectivity index (χ1v) is 13.0. The van der Waals surface area contributed by atoms with Crippen molar-refractivity contribution in [3.8, 4) is 11.5 Å². The Morgan fingerprint density at radius 1 is 1.02 bits per heavy atom. The molecule has 0 spiro atoms. The highest BCUT2D eigenvalue weighted by Gasteiger charge is 2.31. The van der Waals surface area contributed by atoms with Crippen LogP contribution in [0.1, 0.15) is 64.3 Å². The molecule has 0 aliphatic heterocycles. The number of halogens is 3. The van der Waals surface area contributed by atoms with Gasteiger partial charge in [0, 0.05) is 18.1 Å². The first-order valence-electron chi connectivity index (χ1n) is 13.0. The molecule has 0 unspecified atom stereocenters. The number of hydrogen-bond acceptors (Lipinski definition) is 8. The number of benzene rings is 1. The smallest absolute Gasteiger partial charge is 0.416 e. The minimum absolute atomic E-state index is 0.0841. The molecule has 1 aromatic carbocycles. The van der Waals surface area contributed by atoms with E-state index in [4.69, 9.17) is 14.9 Å². The predicted molar refractivity (Wildman–Crippen MR) is 141 cm³/mol. The molecule has 3 aromatic rings. The Kier molecular flexibility index (Phi) is 10.2. The lowest BCUT2D eigenvalue weighted by molar-refractivity contribution is -0.140. The molecule has 2 aromatic heterocycles. The molecule has 2 atom stereocenters. The first kappa shape index (κ1) is 31.3. The number of carbonyl (C=O) groups excluding carboxylic acids is 3. The topological polar surface area (TPSA) is 166 Å². The Bertz CT molecular complexity index is 1300. The predicted octanol–water partition coefficient (Wildman–Crippen LogP) is 5.31. The van der Waals surface area contributed by atoms with Gasteiger partial charge in [-0.05, 0) is 61.3 Å². The van der Waals surface area contributed by atoms with Crippen molar-refractivity contribution < 1.29 is 36.7 Å². The molecule has 0 fully saturated rings. The number of alkyl halides is 3. The standard InChI is InChI=1S/C27H33F3N6O5/c1-26(2,3)17(12-13-21-35-36-24(41-21)16-8-10-18(11-9-16)27(28,29)30)6-4-5-7-19(40-25(31)39)22(37)23(38)33-20-14-15-32-34-20/h8-11,14-15,17,19H,4-7,12-13H2,1-3H3,(H2,31,39)(H2,32,33,34,38)/t17-,19+/m1/s1. The highest BCUT2D eigenvalue weighted by atomic mass is 19.4. The normalized spacial score (nSPS) is 13.4. The van der Waals surface area contributed by atoms with Crippen LogP contribution in [0, 0.1) is 11.3 Å². The number of anilines is 1. The van der Waals surface area contributed by atoms with E-state index in [1.807, 2.05) is 0 Å². The monoisotopic (exact) mass is 578 g/mol. The lowest BCUT2D eigenvalue weighted by Crippen LogP contribution is -2.37. The van der Waals surface area contributed by atoms with E-state index in [1.54, 1.807) is 0 Å². The third-order valence-electron chi connectivity index (χ3n) is 6.65. The number of Topliss-reactive ketones (excluding diaryl/α,β-unsaturated/α-hetero) is 1. The number of aromatic nitrogens is 4. The Labute approximate surface area is 234 Å². The van der Waals surface area contributed by atoms with Crippen molar-refractivity contribution in [2.24, 2.45) is 17.1 Å². The van der Waals surface area contributed by atoms with Gasteiger partial charge in [0.1, 0.15) is 5.82 Å². The van der Waals surface area contributed by atoms with Crippen LogP contribution < -0.4 is 11.1 Å². The van der Waals surface area contributed by atoms with Crippen LogP contribution in [-0.2, 0) is 26.9 Å². The molecular weight excluding hydrogens is 545 g/mol. The van der Waals surface area contributed by atoms with Crippen LogP contribution in [0.4, 0.5) is 23.8 Å². The van der Waals surface area contributed by atoms with Crippen molar-refractivity contribution in [1.29, 1.82) is 0 Å². The minimum atomic E-state index is -4.43. The number of nitrogens with two attached hydrogens (primary N) is 1. The maximum absolute atomic E-state index is 12.8. The number of unbranched alkanes of at least 4 members (excludes halogenated alkanes) is 1. The summed E-state index contributed by atoms with van der Waals surface area (Å²) in [6.07, 6.45) is -2.27. The number of hydrogen-bond donors (Lipinski definition) is 3. The highest BCUT2D eigenvalue weighted by molar-refractivity contribution is 6.42. The van der Waals surface area contributed by atoms with Crippen molar-refractivity contribution >= 4 is 23.6 Å². The van der Waals surface area contributed by atoms with Gasteiger partial charge < -0.3 is 20.2 Å². The van der Waals surface area contributed by atoms with E-state index in [2.05, 4.69) is 46.5 Å². The minimum Gasteiger partial charge on any atom is -0.438 e. The Morgan fingerprint density at radius 2 is 1.71 bits per heavy atom. The number of amides is 2. The molecular formula is C27H33F3N6O5. The van der Waals surface area contributed by atoms with Gasteiger partial charge in [-0.2, -0.15) is 18.3 Å². The lowest BCUT2D eigenvalue weighted by atomic mass is 9.75. The zero-order valence-electron chi connectivity index (χ0n) is 23.0. The fraction of sp³-hybridized carbons (Fsp3) is 0.481. The van der Waals surface area contributed by atoms with Gasteiger partial charge in [0.05, 0.1) is 11.8 Å². The van der Waals surface area contributed by atoms with Gasteiger partial charge >= 0.3 is 12.3 Å². The summed E-state index contributed by atoms with van der Waals surface area (Å²) in [5, 5.41) is 16.6. The van der Waals surface area contributed by atoms with E-state index < -0.39 is 35.6 Å². The number of ether oxygens (including phenoxy) is 1. The van der Waals surface area contributed by atoms with E-state index in [0.717, 1.165) is 18.6 Å². The van der Waals surface area contributed by atoms with Crippen molar-refractivity contribution in [3.63, 3.8) is 0 Å². The summed E-state index contributed by atoms with van der Waals surface area (Å²) in [5.41, 5.74) is 4.66. The summed E-state index contributed by atoms with van der Waals surface area (Å²) in [4.78, 5) is 36.2. The number of aromatic amines is 1. The molecule has 0 aliphatic rings. The average molecular weight is 579 g/mol. The molecule has 3 rings (SSSR count). The first-order chi connectivity index (χ1) is 19.2. The molecule has 0 radical (unpaired) electrons. The third kappa shape index (κ3) is 9.43. The zero-order chi connectivity index (χ0) is 30.2. The second-order valence-electron chi connectivity index (χ2n) is 10.7. The Morgan fingerprint density at radius 3 is 2.29 bits per heavy atom. The number of carbonyl (C=O) groups is 3. The molecule has 4 N–H and O–H groups in total. The van der Waals surface area contributed by atoms with Gasteiger partial charge in [-0.15, -0.1) is 10.2 Å². The fourth-order valence-corrected chi connectivity index (χ4v) is 4.34. The van der Waals surface area contributed by atoms with Crippen molar-refractivity contribution in [1.82, 2.24) is 20.4 Å². The summed E-state index contributed by atoms with van der Waals surface area (Å²) in [5.74, 6) is -0.935. The van der Waals surface area contributed by atoms with Crippen LogP contribution in [0.3, 0.4) is 0 Å². The van der Waals surface area contributed by atoms with Gasteiger partial charge in [-0.1, -0.05) is 27.2 Å². The molecule has 0 aliphatic carbocycles. The fourth-order valence-electron chi connectivity index (χ4n) is 4.34. The summed E-state index contributed by atoms with van der Waals surface area (Å²) < 4.78 is 49.1. The Balaban J connectivity index is 1.53. The number of rotatable bonds is 13. The van der Waals surface area contributed by atoms with E-state index >= 15 is 0 Å². The van der Waals surface area contributed by atoms with Crippen molar-refractivity contribution in [2.45, 2.75) is 71.6 Å². The van der Waals surface area contributed by atoms with Crippen molar-refractivity contribution in [3.05, 3.63) is 48.0 Å². The van der Waals surface area contributed by atoms with E-state index in [-0.39, 0.29) is 29.5 Å². The third-order valence-corrected chi connectivity index (χ3v) is 6.65. The number of aryl methyl sites for hydroxylation is 1. The van der Waals surface area contributed by atoms with Crippen LogP contribution in [0.2, 0.25) is 0 Å². The highest BCUT2D eigenvalue weighted by Crippen LogP contribution is 2.35. The molecule has 0 saturated carbocycles. The Hall–Kier alpha value is -4.23. The summed E-state index contributed by atoms with van der Waals surface area (Å²) >= 11 is 0. The maximum Gasteiger partial charge on any atom is 0.416 e. The van der Waals surface area contributed by atoms with Crippen LogP contribution in [0.25, 0.3) is 11.5 Å². The molecule has 0 bridgehead atoms. The van der Waals surface area contributed by atoms with Gasteiger partial charge in [0.15, 0.2) is 6.10 Å². The second-order valence-corrected chi connectivity index (χ2v) is 10.7. The number of primary amides is 1. The number of H-pyrrole nitrogens is 1. The molecule has 41 heavy (non-hydrogen) atoms. The number of ketones is 1. The van der Waals surface area contributed by atoms with Gasteiger partial charge in [-0.25, -0.2) is 4.79 Å². The van der Waals surface area contributed by atoms with Crippen LogP contribution in [0.5, 0.6) is 0 Å². The zero-order valence-corrected chi connectivity index (χ0v) is 23.0. The van der Waals surface area contributed by atoms with Gasteiger partial charge in [0.2, 0.25) is 11.8 Å². The summed E-state index contributed by atoms with van der Waals surface area (Å²) in [6, 6.07) is 5.98. The number of nitrogens with one attached hydrogen (secondary N) is 2. The van der Waals surface area contributed by atoms with Crippen molar-refractivity contribution in [2.75, 3.05) is 5.32 Å². The molecule has 11 nitrogen and oxygen atoms in total. The average Bonchev–Trinajstić information content (AvgIpc) is 3.58. The summed E-state index contributed by atoms with van der Waals surface area (Å²) in [6.45, 7) is 6.30. The molecule has 2 heterocycles. The van der Waals surface area contributed by atoms with E-state index in [0.29, 0.717) is 37.1 Å². The van der Waals surface area contributed by atoms with Crippen LogP contribution in [0.15, 0.2) is 40.9 Å². The SMILES string of the molecule is CC(C)(C)[C@H](CCCC[C@H](OC(N)=O)C(=O)C(=O)Nc1ccn[nH]1)CCc1nnc(-c2ccc(C(F)(F)F)cc2)o1. The van der Waals surface area contributed by atoms with Crippen LogP contribution in [-0.4, -0.2) is 44.3 Å². The second kappa shape index (κ2) is 13.4. The maximum atomic E-state index is 12.8. The molecule has 2 amide bonds. The lowest BCUT2D eigenvalue weighted by Gasteiger charge is -2.30. The molecule has 14 heteroatoms. The van der Waals surface area contributed by atoms with E-state index in [9.17, 15) is 27.6 Å². The van der Waals surface area contributed by atoms with Gasteiger partial charge in [-0.3, -0.25) is 14.7 Å². The van der Waals surface area contributed by atoms with Gasteiger partial charge in [0.25, 0.3) is 11.7 Å². The van der Waals surface area contributed by atoms with E-state index in [1.165, 1.54) is 24.4 Å². The summed E-state index contributed by atoms with van der Waals surface area (Å²) in [7, 11) is 0.